The van der Waals surface area contributed by atoms with E-state index in [2.05, 4.69) is 0 Å². The van der Waals surface area contributed by atoms with Crippen LogP contribution in [-0.4, -0.2) is 44.8 Å². The van der Waals surface area contributed by atoms with Gasteiger partial charge in [0.25, 0.3) is 0 Å². The second kappa shape index (κ2) is 7.22. The molecule has 2 heterocycles. The first kappa shape index (κ1) is 16.7. The number of ether oxygens (including phenoxy) is 5. The molecule has 1 spiro atoms. The van der Waals surface area contributed by atoms with Crippen molar-refractivity contribution in [2.24, 2.45) is 5.92 Å². The number of hydrogen-bond acceptors (Lipinski definition) is 6. The predicted octanol–water partition coefficient (Wildman–Crippen LogP) is 2.94. The van der Waals surface area contributed by atoms with Gasteiger partial charge in [0.1, 0.15) is 18.8 Å². The van der Waals surface area contributed by atoms with Crippen molar-refractivity contribution in [3.05, 3.63) is 23.8 Å². The van der Waals surface area contributed by atoms with Gasteiger partial charge in [0.05, 0.1) is 19.8 Å². The molecule has 2 aliphatic heterocycles. The van der Waals surface area contributed by atoms with Gasteiger partial charge in [-0.3, -0.25) is 0 Å². The van der Waals surface area contributed by atoms with E-state index < -0.39 is 5.79 Å². The van der Waals surface area contributed by atoms with Gasteiger partial charge in [-0.15, -0.1) is 0 Å². The summed E-state index contributed by atoms with van der Waals surface area (Å²) in [4.78, 5) is 12.5. The zero-order valence-electron chi connectivity index (χ0n) is 14.3. The molecule has 0 unspecified atom stereocenters. The van der Waals surface area contributed by atoms with Crippen molar-refractivity contribution in [2.45, 2.75) is 37.9 Å². The smallest absolute Gasteiger partial charge is 0.342 e. The molecular formula is C19H24O6. The van der Waals surface area contributed by atoms with Gasteiger partial charge < -0.3 is 23.7 Å². The van der Waals surface area contributed by atoms with Crippen LogP contribution in [0.2, 0.25) is 0 Å². The third-order valence-corrected chi connectivity index (χ3v) is 5.21. The monoisotopic (exact) mass is 348 g/mol. The van der Waals surface area contributed by atoms with Crippen molar-refractivity contribution in [1.82, 2.24) is 0 Å². The summed E-state index contributed by atoms with van der Waals surface area (Å²) in [5, 5.41) is 0. The highest BCUT2D eigenvalue weighted by atomic mass is 16.7. The molecule has 3 aliphatic rings. The van der Waals surface area contributed by atoms with E-state index in [-0.39, 0.29) is 11.9 Å². The molecule has 1 atom stereocenters. The summed E-state index contributed by atoms with van der Waals surface area (Å²) in [5.74, 6) is 0.532. The number of hydrogen-bond donors (Lipinski definition) is 0. The molecule has 136 valence electrons. The summed E-state index contributed by atoms with van der Waals surface area (Å²) in [6.07, 6.45) is 5.03. The summed E-state index contributed by atoms with van der Waals surface area (Å²) in [6, 6.07) is 5.29. The third-order valence-electron chi connectivity index (χ3n) is 5.21. The van der Waals surface area contributed by atoms with E-state index in [1.54, 1.807) is 18.2 Å². The average Bonchev–Trinajstić information content (AvgIpc) is 3.12. The van der Waals surface area contributed by atoms with Crippen LogP contribution in [0.25, 0.3) is 0 Å². The Morgan fingerprint density at radius 2 is 1.96 bits per heavy atom. The number of fused-ring (bicyclic) bond motifs is 1. The van der Waals surface area contributed by atoms with Gasteiger partial charge in [-0.05, 0) is 31.4 Å². The molecule has 6 nitrogen and oxygen atoms in total. The van der Waals surface area contributed by atoms with Gasteiger partial charge in [-0.1, -0.05) is 12.5 Å². The second-order valence-corrected chi connectivity index (χ2v) is 6.71. The van der Waals surface area contributed by atoms with E-state index >= 15 is 0 Å². The summed E-state index contributed by atoms with van der Waals surface area (Å²) in [6.45, 7) is 2.60. The van der Waals surface area contributed by atoms with Crippen LogP contribution in [0.1, 0.15) is 42.5 Å². The molecule has 1 saturated heterocycles. The molecule has 1 saturated carbocycles. The molecule has 0 N–H and O–H groups in total. The lowest BCUT2D eigenvalue weighted by molar-refractivity contribution is -0.215. The van der Waals surface area contributed by atoms with E-state index in [0.717, 1.165) is 25.7 Å². The third kappa shape index (κ3) is 3.33. The van der Waals surface area contributed by atoms with Crippen LogP contribution in [0.5, 0.6) is 11.5 Å². The van der Waals surface area contributed by atoms with Crippen molar-refractivity contribution < 1.29 is 28.5 Å². The quantitative estimate of drug-likeness (QED) is 0.780. The Labute approximate surface area is 147 Å². The maximum atomic E-state index is 12.5. The van der Waals surface area contributed by atoms with Crippen LogP contribution in [0.4, 0.5) is 0 Å². The largest absolute Gasteiger partial charge is 0.486 e. The van der Waals surface area contributed by atoms with Crippen molar-refractivity contribution in [1.29, 1.82) is 0 Å². The highest BCUT2D eigenvalue weighted by Crippen LogP contribution is 2.42. The molecule has 25 heavy (non-hydrogen) atoms. The molecule has 0 aromatic heterocycles. The van der Waals surface area contributed by atoms with Crippen LogP contribution >= 0.6 is 0 Å². The number of rotatable bonds is 4. The average molecular weight is 348 g/mol. The Hall–Kier alpha value is -1.79. The lowest BCUT2D eigenvalue weighted by Crippen LogP contribution is -2.42. The molecule has 0 radical (unpaired) electrons. The number of para-hydroxylation sites is 1. The first-order valence-corrected chi connectivity index (χ1v) is 9.12. The minimum absolute atomic E-state index is 0.279. The zero-order valence-corrected chi connectivity index (χ0v) is 14.3. The maximum absolute atomic E-state index is 12.5. The fourth-order valence-corrected chi connectivity index (χ4v) is 4.01. The van der Waals surface area contributed by atoms with Gasteiger partial charge in [-0.25, -0.2) is 4.79 Å². The van der Waals surface area contributed by atoms with Crippen LogP contribution in [0, 0.1) is 5.92 Å². The van der Waals surface area contributed by atoms with Gasteiger partial charge in [0.15, 0.2) is 17.3 Å². The van der Waals surface area contributed by atoms with E-state index in [4.69, 9.17) is 23.7 Å². The lowest BCUT2D eigenvalue weighted by atomic mass is 9.81. The summed E-state index contributed by atoms with van der Waals surface area (Å²) < 4.78 is 28.4. The summed E-state index contributed by atoms with van der Waals surface area (Å²) >= 11 is 0. The Kier molecular flexibility index (Phi) is 4.81. The van der Waals surface area contributed by atoms with Crippen LogP contribution in [-0.2, 0) is 14.2 Å². The number of carbonyl (C=O) groups excluding carboxylic acids is 1. The van der Waals surface area contributed by atoms with Gasteiger partial charge in [0, 0.05) is 12.3 Å². The summed E-state index contributed by atoms with van der Waals surface area (Å²) in [7, 11) is 0. The Bertz CT molecular complexity index is 622. The molecule has 6 heteroatoms. The van der Waals surface area contributed by atoms with Gasteiger partial charge >= 0.3 is 5.97 Å². The minimum Gasteiger partial charge on any atom is -0.486 e. The summed E-state index contributed by atoms with van der Waals surface area (Å²) in [5.41, 5.74) is 0.420. The maximum Gasteiger partial charge on any atom is 0.342 e. The number of carbonyl (C=O) groups is 1. The zero-order chi connectivity index (χ0) is 17.1. The molecule has 1 aliphatic carbocycles. The predicted molar refractivity (Wildman–Crippen MR) is 88.9 cm³/mol. The second-order valence-electron chi connectivity index (χ2n) is 6.71. The van der Waals surface area contributed by atoms with Crippen LogP contribution in [0.3, 0.4) is 0 Å². The molecule has 2 fully saturated rings. The van der Waals surface area contributed by atoms with Crippen LogP contribution < -0.4 is 9.47 Å². The van der Waals surface area contributed by atoms with E-state index in [1.165, 1.54) is 6.42 Å². The van der Waals surface area contributed by atoms with E-state index in [1.807, 2.05) is 0 Å². The fourth-order valence-electron chi connectivity index (χ4n) is 4.01. The van der Waals surface area contributed by atoms with Crippen molar-refractivity contribution in [2.75, 3.05) is 33.0 Å². The SMILES string of the molecule is O=C(OCC[C@@H]1CCCCC12OCCO2)c1cccc2c1OCCO2. The number of benzene rings is 1. The van der Waals surface area contributed by atoms with E-state index in [9.17, 15) is 4.79 Å². The van der Waals surface area contributed by atoms with Crippen molar-refractivity contribution in [3.63, 3.8) is 0 Å². The van der Waals surface area contributed by atoms with Crippen molar-refractivity contribution in [3.8, 4) is 11.5 Å². The fraction of sp³-hybridized carbons (Fsp3) is 0.632. The van der Waals surface area contributed by atoms with Gasteiger partial charge in [-0.2, -0.15) is 0 Å². The minimum atomic E-state index is -0.451. The molecule has 0 amide bonds. The standard InChI is InChI=1S/C19H24O6/c20-18(15-5-3-6-16-17(15)22-11-10-21-16)23-9-7-14-4-1-2-8-19(14)24-12-13-25-19/h3,5-6,14H,1-2,4,7-13H2/t14-/m0/s1. The van der Waals surface area contributed by atoms with Gasteiger partial charge in [0.2, 0.25) is 0 Å². The first-order chi connectivity index (χ1) is 12.3. The highest BCUT2D eigenvalue weighted by molar-refractivity contribution is 5.93. The van der Waals surface area contributed by atoms with Crippen molar-refractivity contribution >= 4 is 5.97 Å². The van der Waals surface area contributed by atoms with Crippen LogP contribution in [0.15, 0.2) is 18.2 Å². The topological polar surface area (TPSA) is 63.2 Å². The molecular weight excluding hydrogens is 324 g/mol. The Balaban J connectivity index is 1.36. The molecule has 1 aromatic carbocycles. The highest BCUT2D eigenvalue weighted by Gasteiger charge is 2.45. The Morgan fingerprint density at radius 1 is 1.12 bits per heavy atom. The molecule has 4 rings (SSSR count). The Morgan fingerprint density at radius 3 is 2.84 bits per heavy atom. The molecule has 1 aromatic rings. The first-order valence-electron chi connectivity index (χ1n) is 9.12. The number of esters is 1. The normalized spacial score (nSPS) is 24.2. The van der Waals surface area contributed by atoms with E-state index in [0.29, 0.717) is 50.1 Å². The molecule has 0 bridgehead atoms. The lowest BCUT2D eigenvalue weighted by Gasteiger charge is -2.39.